The van der Waals surface area contributed by atoms with Gasteiger partial charge >= 0.3 is 0 Å². The first-order valence-electron chi connectivity index (χ1n) is 11.3. The van der Waals surface area contributed by atoms with E-state index in [0.29, 0.717) is 6.61 Å². The molecule has 0 bridgehead atoms. The molecule has 0 amide bonds. The van der Waals surface area contributed by atoms with E-state index >= 15 is 0 Å². The van der Waals surface area contributed by atoms with Crippen molar-refractivity contribution < 1.29 is 9.53 Å². The van der Waals surface area contributed by atoms with Crippen LogP contribution in [-0.2, 0) is 10.0 Å². The van der Waals surface area contributed by atoms with Gasteiger partial charge in [0.1, 0.15) is 5.60 Å². The summed E-state index contributed by atoms with van der Waals surface area (Å²) in [7, 11) is -4.77. The second kappa shape index (κ2) is 9.21. The van der Waals surface area contributed by atoms with Crippen LogP contribution in [0, 0.1) is 0 Å². The molecule has 0 heterocycles. The molecule has 2 aromatic rings. The lowest BCUT2D eigenvalue weighted by Gasteiger charge is -2.56. The van der Waals surface area contributed by atoms with Crippen LogP contribution in [0.5, 0.6) is 0 Å². The highest BCUT2D eigenvalue weighted by molar-refractivity contribution is 7.87. The maximum absolute atomic E-state index is 12.1. The topological polar surface area (TPSA) is 55.5 Å². The summed E-state index contributed by atoms with van der Waals surface area (Å²) >= 11 is 0. The van der Waals surface area contributed by atoms with Crippen molar-refractivity contribution in [3.8, 4) is 0 Å². The molecule has 0 aliphatic rings. The first kappa shape index (κ1) is 26.4. The number of hydrogen-bond donors (Lipinski definition) is 2. The molecule has 0 spiro atoms. The van der Waals surface area contributed by atoms with Crippen LogP contribution in [0.15, 0.2) is 60.7 Å². The monoisotopic (exact) mass is 489 g/mol. The van der Waals surface area contributed by atoms with E-state index in [9.17, 15) is 5.11 Å². The Kier molecular flexibility index (Phi) is 7.85. The molecule has 172 valence electrons. The van der Waals surface area contributed by atoms with Crippen LogP contribution < -0.4 is 5.73 Å². The summed E-state index contributed by atoms with van der Waals surface area (Å²) in [6.07, 6.45) is 0. The average Bonchev–Trinajstić information content (AvgIpc) is 2.65. The van der Waals surface area contributed by atoms with E-state index in [1.807, 2.05) is 60.7 Å². The summed E-state index contributed by atoms with van der Waals surface area (Å²) in [5, 5.41) is 12.1. The zero-order chi connectivity index (χ0) is 23.7. The predicted molar refractivity (Wildman–Crippen MR) is 146 cm³/mol. The molecule has 2 rings (SSSR count). The molecule has 0 radical (unpaired) electrons. The Hall–Kier alpha value is -0.812. The second-order valence-electron chi connectivity index (χ2n) is 11.8. The fraction of sp³-hybridized carbons (Fsp3) is 0.500. The third-order valence-electron chi connectivity index (χ3n) is 6.61. The Morgan fingerprint density at radius 1 is 0.710 bits per heavy atom. The van der Waals surface area contributed by atoms with Gasteiger partial charge in [0.25, 0.3) is 0 Å². The van der Waals surface area contributed by atoms with Gasteiger partial charge in [0.2, 0.25) is 0 Å². The maximum atomic E-state index is 12.1. The summed E-state index contributed by atoms with van der Waals surface area (Å²) in [4.78, 5) is 0. The quantitative estimate of drug-likeness (QED) is 0.460. The van der Waals surface area contributed by atoms with Crippen molar-refractivity contribution in [1.29, 1.82) is 0 Å². The van der Waals surface area contributed by atoms with Crippen LogP contribution in [-0.4, -0.2) is 47.4 Å². The van der Waals surface area contributed by atoms with Crippen LogP contribution >= 0.6 is 0 Å². The summed E-state index contributed by atoms with van der Waals surface area (Å²) in [5.41, 5.74) is 7.19. The molecule has 0 saturated carbocycles. The van der Waals surface area contributed by atoms with Gasteiger partial charge in [-0.05, 0) is 11.1 Å². The molecule has 7 heteroatoms. The maximum Gasteiger partial charge on any atom is 0.158 e. The van der Waals surface area contributed by atoms with Gasteiger partial charge in [-0.15, -0.1) is 0 Å². The lowest BCUT2D eigenvalue weighted by Crippen LogP contribution is -2.84. The predicted octanol–water partition coefficient (Wildman–Crippen LogP) is 5.46. The molecular formula is C24H43NO2Si4. The first-order valence-corrected chi connectivity index (χ1v) is 26.7. The fourth-order valence-electron chi connectivity index (χ4n) is 6.34. The van der Waals surface area contributed by atoms with Gasteiger partial charge in [0.05, 0.1) is 35.4 Å². The smallest absolute Gasteiger partial charge is 0.158 e. The molecule has 0 saturated heterocycles. The van der Waals surface area contributed by atoms with Gasteiger partial charge in [0, 0.05) is 0 Å². The molecule has 0 aliphatic heterocycles. The Morgan fingerprint density at radius 3 is 1.32 bits per heavy atom. The summed E-state index contributed by atoms with van der Waals surface area (Å²) < 4.78 is 7.21. The highest BCUT2D eigenvalue weighted by atomic mass is 29.9. The summed E-state index contributed by atoms with van der Waals surface area (Å²) in [6, 6.07) is 19.1. The number of benzene rings is 2. The van der Waals surface area contributed by atoms with E-state index in [2.05, 4.69) is 58.9 Å². The highest BCUT2D eigenvalue weighted by Crippen LogP contribution is 2.39. The van der Waals surface area contributed by atoms with E-state index < -0.39 is 41.3 Å². The van der Waals surface area contributed by atoms with Gasteiger partial charge in [-0.2, -0.15) is 0 Å². The SMILES string of the molecule is C[Si](C)(C)[Si](OC[C@H](N)C(O)(c1ccccc1)c1ccccc1)([Si](C)(C)C)[Si](C)(C)C. The van der Waals surface area contributed by atoms with Crippen molar-refractivity contribution >= 4 is 29.6 Å². The number of hydrogen-bond acceptors (Lipinski definition) is 3. The minimum Gasteiger partial charge on any atom is -0.424 e. The third-order valence-corrected chi connectivity index (χ3v) is 74.4. The first-order chi connectivity index (χ1) is 14.1. The lowest BCUT2D eigenvalue weighted by molar-refractivity contribution is 0.0335. The van der Waals surface area contributed by atoms with Crippen LogP contribution in [0.2, 0.25) is 58.9 Å². The van der Waals surface area contributed by atoms with Gasteiger partial charge < -0.3 is 15.3 Å². The lowest BCUT2D eigenvalue weighted by atomic mass is 9.81. The van der Waals surface area contributed by atoms with Crippen LogP contribution in [0.1, 0.15) is 11.1 Å². The van der Waals surface area contributed by atoms with E-state index in [-0.39, 0.29) is 0 Å². The zero-order valence-corrected chi connectivity index (χ0v) is 25.0. The molecule has 0 aromatic heterocycles. The molecule has 3 N–H and O–H groups in total. The van der Waals surface area contributed by atoms with Gasteiger partial charge in [-0.3, -0.25) is 0 Å². The number of aliphatic hydroxyl groups is 1. The van der Waals surface area contributed by atoms with Crippen molar-refractivity contribution in [2.75, 3.05) is 6.61 Å². The minimum atomic E-state index is -2.02. The van der Waals surface area contributed by atoms with Gasteiger partial charge in [0.15, 0.2) is 6.87 Å². The Bertz CT molecular complexity index is 764. The molecule has 3 nitrogen and oxygen atoms in total. The van der Waals surface area contributed by atoms with Crippen molar-refractivity contribution in [1.82, 2.24) is 0 Å². The molecular weight excluding hydrogens is 447 g/mol. The Balaban J connectivity index is 2.54. The van der Waals surface area contributed by atoms with E-state index in [1.54, 1.807) is 0 Å². The van der Waals surface area contributed by atoms with Crippen LogP contribution in [0.25, 0.3) is 0 Å². The van der Waals surface area contributed by atoms with Crippen molar-refractivity contribution in [3.05, 3.63) is 71.8 Å². The number of rotatable bonds is 9. The fourth-order valence-corrected chi connectivity index (χ4v) is 100. The van der Waals surface area contributed by atoms with E-state index in [4.69, 9.17) is 10.2 Å². The second-order valence-corrected chi connectivity index (χ2v) is 51.3. The largest absolute Gasteiger partial charge is 0.424 e. The molecule has 31 heavy (non-hydrogen) atoms. The summed E-state index contributed by atoms with van der Waals surface area (Å²) in [5.74, 6) is 0. The summed E-state index contributed by atoms with van der Waals surface area (Å²) in [6.45, 7) is 20.9. The molecule has 1 atom stereocenters. The van der Waals surface area contributed by atoms with Gasteiger partial charge in [-0.1, -0.05) is 120 Å². The van der Waals surface area contributed by atoms with Gasteiger partial charge in [-0.25, -0.2) is 0 Å². The standard InChI is InChI=1S/C24H43NO2Si4/c1-28(2,3)31(29(4,5)6,30(7,8)9)27-20-23(25)24(26,21-16-12-10-13-17-21)22-18-14-11-15-19-22/h10-19,23,26H,20,25H2,1-9H3/t23-/m0/s1. The molecule has 0 aliphatic carbocycles. The minimum absolute atomic E-state index is 0.394. The van der Waals surface area contributed by atoms with E-state index in [1.165, 1.54) is 0 Å². The zero-order valence-electron chi connectivity index (χ0n) is 21.0. The Labute approximate surface area is 193 Å². The molecule has 2 aromatic carbocycles. The van der Waals surface area contributed by atoms with Crippen LogP contribution in [0.4, 0.5) is 0 Å². The normalized spacial score (nSPS) is 15.1. The van der Waals surface area contributed by atoms with Crippen LogP contribution in [0.3, 0.4) is 0 Å². The van der Waals surface area contributed by atoms with Crippen molar-refractivity contribution in [3.63, 3.8) is 0 Å². The average molecular weight is 490 g/mol. The van der Waals surface area contributed by atoms with Crippen molar-refractivity contribution in [2.45, 2.75) is 70.6 Å². The molecule has 0 unspecified atom stereocenters. The third kappa shape index (κ3) is 4.92. The van der Waals surface area contributed by atoms with E-state index in [0.717, 1.165) is 11.1 Å². The Morgan fingerprint density at radius 2 is 1.03 bits per heavy atom. The highest BCUT2D eigenvalue weighted by Gasteiger charge is 2.64. The van der Waals surface area contributed by atoms with Crippen molar-refractivity contribution in [2.24, 2.45) is 5.73 Å². The molecule has 0 fully saturated rings. The number of nitrogens with two attached hydrogens (primary N) is 1.